The lowest BCUT2D eigenvalue weighted by Gasteiger charge is -2.09. The molecule has 0 amide bonds. The van der Waals surface area contributed by atoms with Crippen LogP contribution < -0.4 is 4.18 Å². The number of benzene rings is 3. The summed E-state index contributed by atoms with van der Waals surface area (Å²) < 4.78 is 36.4. The average molecular weight is 481 g/mol. The molecule has 3 aromatic carbocycles. The predicted octanol–water partition coefficient (Wildman–Crippen LogP) is 5.54. The lowest BCUT2D eigenvalue weighted by atomic mass is 10.00. The van der Waals surface area contributed by atoms with Crippen LogP contribution in [0.25, 0.3) is 11.0 Å². The summed E-state index contributed by atoms with van der Waals surface area (Å²) in [6.07, 6.45) is 3.58. The van der Waals surface area contributed by atoms with Gasteiger partial charge in [0, 0.05) is 29.9 Å². The van der Waals surface area contributed by atoms with E-state index in [4.69, 9.17) is 13.7 Å². The van der Waals surface area contributed by atoms with Crippen LogP contribution in [0.1, 0.15) is 47.0 Å². The van der Waals surface area contributed by atoms with Gasteiger partial charge in [-0.05, 0) is 42.3 Å². The van der Waals surface area contributed by atoms with E-state index in [0.29, 0.717) is 6.42 Å². The Morgan fingerprint density at radius 2 is 1.76 bits per heavy atom. The summed E-state index contributed by atoms with van der Waals surface area (Å²) in [6, 6.07) is 17.6. The van der Waals surface area contributed by atoms with Crippen LogP contribution in [0.2, 0.25) is 0 Å². The standard InChI is InChI=1S/C26H24O7S/c1-2-3-7-25-22(20-6-4-5-8-24(20)32-25)15-17-9-11-18(12-10-17)33-34(30,31)19-13-14-21(26(28)29)23(27)16-19/h4-6,8-14,16,27H,2-3,7,15H2,1H3,(H,28,29). The number of rotatable bonds is 9. The predicted molar refractivity (Wildman–Crippen MR) is 127 cm³/mol. The summed E-state index contributed by atoms with van der Waals surface area (Å²) in [4.78, 5) is 10.7. The Morgan fingerprint density at radius 3 is 2.44 bits per heavy atom. The average Bonchev–Trinajstić information content (AvgIpc) is 3.15. The highest BCUT2D eigenvalue weighted by Gasteiger charge is 2.21. The van der Waals surface area contributed by atoms with Crippen molar-refractivity contribution in [2.24, 2.45) is 0 Å². The normalized spacial score (nSPS) is 11.6. The second-order valence-corrected chi connectivity index (χ2v) is 9.49. The van der Waals surface area contributed by atoms with Gasteiger partial charge in [0.05, 0.1) is 0 Å². The van der Waals surface area contributed by atoms with Gasteiger partial charge in [-0.25, -0.2) is 4.79 Å². The Bertz CT molecular complexity index is 1430. The molecule has 0 saturated carbocycles. The molecule has 0 aliphatic heterocycles. The van der Waals surface area contributed by atoms with Crippen molar-refractivity contribution in [3.05, 3.63) is 89.2 Å². The molecule has 0 unspecified atom stereocenters. The zero-order chi connectivity index (χ0) is 24.3. The first-order chi connectivity index (χ1) is 16.3. The number of phenols is 1. The first-order valence-corrected chi connectivity index (χ1v) is 12.3. The number of aromatic carboxylic acids is 1. The maximum Gasteiger partial charge on any atom is 0.339 e. The number of furan rings is 1. The van der Waals surface area contributed by atoms with E-state index < -0.39 is 27.4 Å². The molecule has 1 heterocycles. The van der Waals surface area contributed by atoms with Crippen LogP contribution in [0.4, 0.5) is 0 Å². The maximum atomic E-state index is 12.6. The minimum absolute atomic E-state index is 0.105. The molecule has 2 N–H and O–H groups in total. The molecule has 0 fully saturated rings. The van der Waals surface area contributed by atoms with E-state index in [1.165, 1.54) is 0 Å². The summed E-state index contributed by atoms with van der Waals surface area (Å²) >= 11 is 0. The van der Waals surface area contributed by atoms with Gasteiger partial charge in [0.1, 0.15) is 33.3 Å². The number of aromatic hydroxyl groups is 1. The number of carboxylic acids is 1. The van der Waals surface area contributed by atoms with Crippen LogP contribution in [0.5, 0.6) is 11.5 Å². The molecule has 1 aromatic heterocycles. The molecule has 0 aliphatic rings. The molecule has 0 radical (unpaired) electrons. The molecule has 0 bridgehead atoms. The number of para-hydroxylation sites is 1. The van der Waals surface area contributed by atoms with Crippen molar-refractivity contribution in [1.29, 1.82) is 0 Å². The number of unbranched alkanes of at least 4 members (excludes halogenated alkanes) is 1. The monoisotopic (exact) mass is 480 g/mol. The number of carboxylic acid groups (broad SMARTS) is 1. The second-order valence-electron chi connectivity index (χ2n) is 7.95. The molecule has 8 heteroatoms. The van der Waals surface area contributed by atoms with Crippen molar-refractivity contribution in [3.63, 3.8) is 0 Å². The van der Waals surface area contributed by atoms with Crippen LogP contribution in [0.15, 0.2) is 76.0 Å². The third-order valence-corrected chi connectivity index (χ3v) is 6.78. The van der Waals surface area contributed by atoms with E-state index in [2.05, 4.69) is 6.92 Å². The van der Waals surface area contributed by atoms with E-state index in [-0.39, 0.29) is 10.6 Å². The minimum atomic E-state index is -4.25. The van der Waals surface area contributed by atoms with E-state index in [1.807, 2.05) is 24.3 Å². The summed E-state index contributed by atoms with van der Waals surface area (Å²) in [7, 11) is -4.25. The minimum Gasteiger partial charge on any atom is -0.507 e. The highest BCUT2D eigenvalue weighted by molar-refractivity contribution is 7.87. The molecule has 7 nitrogen and oxygen atoms in total. The van der Waals surface area contributed by atoms with Crippen molar-refractivity contribution in [3.8, 4) is 11.5 Å². The fourth-order valence-corrected chi connectivity index (χ4v) is 4.72. The Morgan fingerprint density at radius 1 is 1.03 bits per heavy atom. The van der Waals surface area contributed by atoms with Gasteiger partial charge in [0.15, 0.2) is 0 Å². The number of hydrogen-bond acceptors (Lipinski definition) is 6. The number of hydrogen-bond donors (Lipinski definition) is 2. The topological polar surface area (TPSA) is 114 Å². The Labute approximate surface area is 197 Å². The van der Waals surface area contributed by atoms with Gasteiger partial charge in [0.25, 0.3) is 0 Å². The molecule has 0 saturated heterocycles. The zero-order valence-corrected chi connectivity index (χ0v) is 19.3. The molecule has 0 aliphatic carbocycles. The van der Waals surface area contributed by atoms with Crippen molar-refractivity contribution in [1.82, 2.24) is 0 Å². The highest BCUT2D eigenvalue weighted by Crippen LogP contribution is 2.30. The van der Waals surface area contributed by atoms with Gasteiger partial charge >= 0.3 is 16.1 Å². The smallest absolute Gasteiger partial charge is 0.339 e. The highest BCUT2D eigenvalue weighted by atomic mass is 32.2. The van der Waals surface area contributed by atoms with Crippen LogP contribution in [0.3, 0.4) is 0 Å². The summed E-state index contributed by atoms with van der Waals surface area (Å²) in [6.45, 7) is 2.14. The zero-order valence-electron chi connectivity index (χ0n) is 18.5. The number of aryl methyl sites for hydroxylation is 1. The third kappa shape index (κ3) is 4.92. The number of carbonyl (C=O) groups is 1. The van der Waals surface area contributed by atoms with Crippen LogP contribution in [-0.2, 0) is 23.0 Å². The van der Waals surface area contributed by atoms with E-state index >= 15 is 0 Å². The molecular formula is C26H24O7S. The van der Waals surface area contributed by atoms with Crippen LogP contribution in [0, 0.1) is 0 Å². The van der Waals surface area contributed by atoms with Crippen molar-refractivity contribution >= 4 is 27.1 Å². The second kappa shape index (κ2) is 9.61. The van der Waals surface area contributed by atoms with Gasteiger partial charge in [-0.3, -0.25) is 0 Å². The molecule has 34 heavy (non-hydrogen) atoms. The molecular weight excluding hydrogens is 456 g/mol. The third-order valence-electron chi connectivity index (χ3n) is 5.54. The number of fused-ring (bicyclic) bond motifs is 1. The van der Waals surface area contributed by atoms with E-state index in [0.717, 1.165) is 65.3 Å². The van der Waals surface area contributed by atoms with E-state index in [9.17, 15) is 18.3 Å². The first kappa shape index (κ1) is 23.4. The molecule has 4 aromatic rings. The largest absolute Gasteiger partial charge is 0.507 e. The van der Waals surface area contributed by atoms with Crippen LogP contribution >= 0.6 is 0 Å². The van der Waals surface area contributed by atoms with Crippen molar-refractivity contribution < 1.29 is 32.0 Å². The lowest BCUT2D eigenvalue weighted by Crippen LogP contribution is -2.10. The summed E-state index contributed by atoms with van der Waals surface area (Å²) in [5.41, 5.74) is 2.55. The molecule has 176 valence electrons. The lowest BCUT2D eigenvalue weighted by molar-refractivity contribution is 0.0693. The fourth-order valence-electron chi connectivity index (χ4n) is 3.77. The molecule has 0 atom stereocenters. The van der Waals surface area contributed by atoms with Crippen molar-refractivity contribution in [2.75, 3.05) is 0 Å². The Kier molecular flexibility index (Phi) is 6.61. The first-order valence-electron chi connectivity index (χ1n) is 10.9. The van der Waals surface area contributed by atoms with Gasteiger partial charge in [-0.2, -0.15) is 8.42 Å². The van der Waals surface area contributed by atoms with Crippen LogP contribution in [-0.4, -0.2) is 24.6 Å². The SMILES string of the molecule is CCCCc1oc2ccccc2c1Cc1ccc(OS(=O)(=O)c2ccc(C(=O)O)c(O)c2)cc1. The summed E-state index contributed by atoms with van der Waals surface area (Å²) in [5.74, 6) is -0.940. The Balaban J connectivity index is 1.54. The Hall–Kier alpha value is -3.78. The van der Waals surface area contributed by atoms with Gasteiger partial charge in [-0.1, -0.05) is 43.7 Å². The van der Waals surface area contributed by atoms with Gasteiger partial charge in [0.2, 0.25) is 0 Å². The molecule has 0 spiro atoms. The maximum absolute atomic E-state index is 12.6. The quantitative estimate of drug-likeness (QED) is 0.302. The molecule has 4 rings (SSSR count). The fraction of sp³-hybridized carbons (Fsp3) is 0.192. The van der Waals surface area contributed by atoms with Gasteiger partial charge in [-0.15, -0.1) is 0 Å². The van der Waals surface area contributed by atoms with E-state index in [1.54, 1.807) is 24.3 Å². The summed E-state index contributed by atoms with van der Waals surface area (Å²) in [5, 5.41) is 19.8. The van der Waals surface area contributed by atoms with Gasteiger partial charge < -0.3 is 18.8 Å². The van der Waals surface area contributed by atoms with Crippen molar-refractivity contribution in [2.45, 2.75) is 37.5 Å².